The van der Waals surface area contributed by atoms with Gasteiger partial charge in [-0.15, -0.1) is 0 Å². The number of nitrogens with one attached hydrogen (secondary N) is 1. The standard InChI is InChI=1S/C14H19NO4.C8H7NO4/c1-10(2)8-12(13(16)17)15-14(18)19-9-11-6-4-3-5-7-11;1-6(10)13-8-5-3-2-4-7(8)9(11)12/h3-7,10,12H,8-9H2,1-2H3,(H,15,18)(H,16,17);2-5H,1H3/t12-;/m0./s1. The first-order valence-corrected chi connectivity index (χ1v) is 9.72. The van der Waals surface area contributed by atoms with Crippen LogP contribution < -0.4 is 10.1 Å². The molecule has 0 fully saturated rings. The molecule has 172 valence electrons. The van der Waals surface area contributed by atoms with Crippen molar-refractivity contribution < 1.29 is 33.9 Å². The largest absolute Gasteiger partial charge is 0.480 e. The summed E-state index contributed by atoms with van der Waals surface area (Å²) < 4.78 is 9.60. The molecule has 32 heavy (non-hydrogen) atoms. The van der Waals surface area contributed by atoms with E-state index < -0.39 is 29.0 Å². The van der Waals surface area contributed by atoms with Gasteiger partial charge < -0.3 is 19.9 Å². The number of hydrogen-bond donors (Lipinski definition) is 2. The number of carbonyl (C=O) groups excluding carboxylic acids is 2. The normalized spacial score (nSPS) is 10.9. The molecular formula is C22H26N2O8. The highest BCUT2D eigenvalue weighted by atomic mass is 16.6. The SMILES string of the molecule is CC(=O)Oc1ccccc1[N+](=O)[O-].CC(C)C[C@H](NC(=O)OCc1ccccc1)C(=O)O. The number of rotatable bonds is 8. The fourth-order valence-electron chi connectivity index (χ4n) is 2.45. The lowest BCUT2D eigenvalue weighted by molar-refractivity contribution is -0.385. The lowest BCUT2D eigenvalue weighted by Gasteiger charge is -2.16. The highest BCUT2D eigenvalue weighted by Gasteiger charge is 2.21. The number of ether oxygens (including phenoxy) is 2. The molecule has 0 unspecified atom stereocenters. The number of benzene rings is 2. The molecule has 2 aromatic rings. The van der Waals surface area contributed by atoms with E-state index in [9.17, 15) is 24.5 Å². The van der Waals surface area contributed by atoms with Gasteiger partial charge in [-0.2, -0.15) is 0 Å². The zero-order chi connectivity index (χ0) is 24.1. The molecule has 2 N–H and O–H groups in total. The maximum atomic E-state index is 11.5. The van der Waals surface area contributed by atoms with Gasteiger partial charge in [0.15, 0.2) is 0 Å². The number of esters is 1. The minimum Gasteiger partial charge on any atom is -0.480 e. The number of nitro groups is 1. The summed E-state index contributed by atoms with van der Waals surface area (Å²) in [6.45, 7) is 5.11. The topological polar surface area (TPSA) is 145 Å². The van der Waals surface area contributed by atoms with Gasteiger partial charge in [0.2, 0.25) is 5.75 Å². The van der Waals surface area contributed by atoms with E-state index in [2.05, 4.69) is 10.1 Å². The average Bonchev–Trinajstić information content (AvgIpc) is 2.72. The van der Waals surface area contributed by atoms with Crippen molar-refractivity contribution in [3.05, 3.63) is 70.3 Å². The van der Waals surface area contributed by atoms with Crippen LogP contribution in [0.5, 0.6) is 5.75 Å². The van der Waals surface area contributed by atoms with Crippen LogP contribution in [-0.4, -0.2) is 34.1 Å². The Morgan fingerprint density at radius 2 is 1.66 bits per heavy atom. The van der Waals surface area contributed by atoms with E-state index in [0.717, 1.165) is 5.56 Å². The predicted octanol–water partition coefficient (Wildman–Crippen LogP) is 3.93. The lowest BCUT2D eigenvalue weighted by Crippen LogP contribution is -2.41. The minimum absolute atomic E-state index is 0.0278. The van der Waals surface area contributed by atoms with Crippen LogP contribution in [0.2, 0.25) is 0 Å². The Hall–Kier alpha value is -3.95. The van der Waals surface area contributed by atoms with E-state index in [1.807, 2.05) is 44.2 Å². The number of carboxylic acid groups (broad SMARTS) is 1. The second-order valence-corrected chi connectivity index (χ2v) is 7.04. The summed E-state index contributed by atoms with van der Waals surface area (Å²) in [4.78, 5) is 42.9. The van der Waals surface area contributed by atoms with Crippen molar-refractivity contribution in [2.24, 2.45) is 5.92 Å². The van der Waals surface area contributed by atoms with Gasteiger partial charge in [-0.1, -0.05) is 56.3 Å². The summed E-state index contributed by atoms with van der Waals surface area (Å²) in [6, 6.07) is 14.0. The van der Waals surface area contributed by atoms with E-state index in [0.29, 0.717) is 6.42 Å². The molecule has 0 radical (unpaired) electrons. The van der Waals surface area contributed by atoms with Gasteiger partial charge in [0.05, 0.1) is 4.92 Å². The van der Waals surface area contributed by atoms with Gasteiger partial charge >= 0.3 is 23.7 Å². The molecule has 10 heteroatoms. The molecule has 1 amide bonds. The molecule has 10 nitrogen and oxygen atoms in total. The number of amides is 1. The predicted molar refractivity (Wildman–Crippen MR) is 115 cm³/mol. The summed E-state index contributed by atoms with van der Waals surface area (Å²) in [6.07, 6.45) is -0.340. The molecule has 0 spiro atoms. The summed E-state index contributed by atoms with van der Waals surface area (Å²) in [5, 5.41) is 21.8. The third kappa shape index (κ3) is 10.2. The van der Waals surface area contributed by atoms with Gasteiger partial charge in [-0.05, 0) is 24.0 Å². The third-order valence-corrected chi connectivity index (χ3v) is 3.83. The first-order valence-electron chi connectivity index (χ1n) is 9.72. The third-order valence-electron chi connectivity index (χ3n) is 3.83. The van der Waals surface area contributed by atoms with Crippen molar-refractivity contribution in [2.75, 3.05) is 0 Å². The molecule has 2 rings (SSSR count). The Morgan fingerprint density at radius 1 is 1.06 bits per heavy atom. The number of aliphatic carboxylic acids is 1. The van der Waals surface area contributed by atoms with Gasteiger partial charge in [0.1, 0.15) is 12.6 Å². The van der Waals surface area contributed by atoms with E-state index in [1.165, 1.54) is 25.1 Å². The first-order chi connectivity index (χ1) is 15.1. The molecule has 0 saturated carbocycles. The smallest absolute Gasteiger partial charge is 0.408 e. The molecule has 1 atom stereocenters. The number of alkyl carbamates (subject to hydrolysis) is 1. The number of hydrogen-bond acceptors (Lipinski definition) is 7. The maximum absolute atomic E-state index is 11.5. The summed E-state index contributed by atoms with van der Waals surface area (Å²) in [5.74, 6) is -1.48. The first kappa shape index (κ1) is 26.1. The van der Waals surface area contributed by atoms with Gasteiger partial charge in [-0.3, -0.25) is 14.9 Å². The summed E-state index contributed by atoms with van der Waals surface area (Å²) >= 11 is 0. The molecule has 0 aliphatic carbocycles. The van der Waals surface area contributed by atoms with Gasteiger partial charge in [0, 0.05) is 13.0 Å². The molecule has 0 bridgehead atoms. The lowest BCUT2D eigenvalue weighted by atomic mass is 10.0. The Kier molecular flexibility index (Phi) is 10.9. The van der Waals surface area contributed by atoms with Crippen molar-refractivity contribution in [3.63, 3.8) is 0 Å². The van der Waals surface area contributed by atoms with E-state index in [4.69, 9.17) is 9.84 Å². The van der Waals surface area contributed by atoms with Crippen LogP contribution in [0.3, 0.4) is 0 Å². The van der Waals surface area contributed by atoms with Crippen molar-refractivity contribution in [1.82, 2.24) is 5.32 Å². The number of carbonyl (C=O) groups is 3. The molecule has 0 saturated heterocycles. The van der Waals surface area contributed by atoms with Crippen molar-refractivity contribution in [3.8, 4) is 5.75 Å². The average molecular weight is 446 g/mol. The minimum atomic E-state index is -1.05. The maximum Gasteiger partial charge on any atom is 0.408 e. The monoisotopic (exact) mass is 446 g/mol. The van der Waals surface area contributed by atoms with E-state index in [1.54, 1.807) is 6.07 Å². The fourth-order valence-corrected chi connectivity index (χ4v) is 2.45. The molecular weight excluding hydrogens is 420 g/mol. The summed E-state index contributed by atoms with van der Waals surface area (Å²) in [5.41, 5.74) is 0.645. The zero-order valence-corrected chi connectivity index (χ0v) is 18.0. The number of nitrogens with zero attached hydrogens (tertiary/aromatic N) is 1. The quantitative estimate of drug-likeness (QED) is 0.268. The van der Waals surface area contributed by atoms with Crippen LogP contribution in [0.15, 0.2) is 54.6 Å². The number of para-hydroxylation sites is 2. The Bertz CT molecular complexity index is 915. The second-order valence-electron chi connectivity index (χ2n) is 7.04. The number of nitro benzene ring substituents is 1. The van der Waals surface area contributed by atoms with Crippen molar-refractivity contribution >= 4 is 23.7 Å². The van der Waals surface area contributed by atoms with Crippen LogP contribution in [-0.2, 0) is 20.9 Å². The van der Waals surface area contributed by atoms with Crippen LogP contribution in [0.25, 0.3) is 0 Å². The Labute approximate surface area is 185 Å². The van der Waals surface area contributed by atoms with Crippen LogP contribution >= 0.6 is 0 Å². The Morgan fingerprint density at radius 3 is 2.19 bits per heavy atom. The van der Waals surface area contributed by atoms with Crippen LogP contribution in [0, 0.1) is 16.0 Å². The molecule has 0 heterocycles. The fraction of sp³-hybridized carbons (Fsp3) is 0.318. The van der Waals surface area contributed by atoms with Crippen molar-refractivity contribution in [2.45, 2.75) is 39.8 Å². The molecule has 0 aliphatic heterocycles. The second kappa shape index (κ2) is 13.4. The van der Waals surface area contributed by atoms with E-state index in [-0.39, 0.29) is 24.0 Å². The molecule has 0 aromatic heterocycles. The summed E-state index contributed by atoms with van der Waals surface area (Å²) in [7, 11) is 0. The highest BCUT2D eigenvalue weighted by Crippen LogP contribution is 2.25. The number of carboxylic acids is 1. The Balaban J connectivity index is 0.000000343. The van der Waals surface area contributed by atoms with Gasteiger partial charge in [0.25, 0.3) is 0 Å². The van der Waals surface area contributed by atoms with Crippen LogP contribution in [0.4, 0.5) is 10.5 Å². The van der Waals surface area contributed by atoms with Crippen LogP contribution in [0.1, 0.15) is 32.8 Å². The van der Waals surface area contributed by atoms with Gasteiger partial charge in [-0.25, -0.2) is 9.59 Å². The molecule has 0 aliphatic rings. The highest BCUT2D eigenvalue weighted by molar-refractivity contribution is 5.79. The van der Waals surface area contributed by atoms with Crippen molar-refractivity contribution in [1.29, 1.82) is 0 Å². The molecule has 2 aromatic carbocycles. The van der Waals surface area contributed by atoms with E-state index >= 15 is 0 Å². The zero-order valence-electron chi connectivity index (χ0n) is 18.0.